The Balaban J connectivity index is 1.99. The maximum absolute atomic E-state index is 3.51. The molecule has 2 rings (SSSR count). The number of hydrogen-bond acceptors (Lipinski definition) is 2. The van der Waals surface area contributed by atoms with Crippen LogP contribution in [0.3, 0.4) is 0 Å². The van der Waals surface area contributed by atoms with Crippen LogP contribution in [-0.2, 0) is 0 Å². The number of piperidine rings is 1. The van der Waals surface area contributed by atoms with Crippen LogP contribution in [0, 0.1) is 5.92 Å². The predicted octanol–water partition coefficient (Wildman–Crippen LogP) is 3.46. The highest BCUT2D eigenvalue weighted by atomic mass is 14.9. The molecule has 106 valence electrons. The molecule has 1 saturated heterocycles. The zero-order chi connectivity index (χ0) is 13.7. The van der Waals surface area contributed by atoms with E-state index in [0.29, 0.717) is 12.0 Å². The van der Waals surface area contributed by atoms with E-state index in [1.54, 1.807) is 0 Å². The SMILES string of the molecule is CNC(CC1CCCNC1)c1ccc(C(C)C)cc1. The molecule has 0 aliphatic carbocycles. The smallest absolute Gasteiger partial charge is 0.0320 e. The van der Waals surface area contributed by atoms with Crippen molar-refractivity contribution >= 4 is 0 Å². The van der Waals surface area contributed by atoms with E-state index in [1.807, 2.05) is 0 Å². The minimum atomic E-state index is 0.492. The van der Waals surface area contributed by atoms with Crippen molar-refractivity contribution in [2.75, 3.05) is 20.1 Å². The van der Waals surface area contributed by atoms with Crippen LogP contribution >= 0.6 is 0 Å². The van der Waals surface area contributed by atoms with Crippen LogP contribution in [0.4, 0.5) is 0 Å². The second-order valence-corrected chi connectivity index (χ2v) is 6.11. The molecular weight excluding hydrogens is 232 g/mol. The molecule has 2 nitrogen and oxygen atoms in total. The first kappa shape index (κ1) is 14.5. The van der Waals surface area contributed by atoms with Gasteiger partial charge in [0, 0.05) is 6.04 Å². The van der Waals surface area contributed by atoms with Gasteiger partial charge in [0.25, 0.3) is 0 Å². The second kappa shape index (κ2) is 7.06. The van der Waals surface area contributed by atoms with E-state index in [4.69, 9.17) is 0 Å². The van der Waals surface area contributed by atoms with E-state index in [9.17, 15) is 0 Å². The third-order valence-corrected chi connectivity index (χ3v) is 4.32. The molecule has 0 saturated carbocycles. The van der Waals surface area contributed by atoms with Gasteiger partial charge in [-0.25, -0.2) is 0 Å². The summed E-state index contributed by atoms with van der Waals surface area (Å²) in [6, 6.07) is 9.65. The lowest BCUT2D eigenvalue weighted by Crippen LogP contribution is -2.32. The molecule has 2 unspecified atom stereocenters. The first-order chi connectivity index (χ1) is 9.20. The van der Waals surface area contributed by atoms with Crippen molar-refractivity contribution in [3.8, 4) is 0 Å². The molecule has 1 aromatic rings. The molecule has 1 fully saturated rings. The molecule has 1 aliphatic heterocycles. The molecule has 19 heavy (non-hydrogen) atoms. The zero-order valence-electron chi connectivity index (χ0n) is 12.6. The molecule has 0 bridgehead atoms. The average Bonchev–Trinajstić information content (AvgIpc) is 2.46. The van der Waals surface area contributed by atoms with Crippen LogP contribution in [0.15, 0.2) is 24.3 Å². The molecule has 0 aromatic heterocycles. The summed E-state index contributed by atoms with van der Waals surface area (Å²) in [5.74, 6) is 1.43. The fourth-order valence-electron chi connectivity index (χ4n) is 2.99. The van der Waals surface area contributed by atoms with E-state index in [2.05, 4.69) is 55.8 Å². The Labute approximate surface area is 118 Å². The van der Waals surface area contributed by atoms with Crippen molar-refractivity contribution in [1.82, 2.24) is 10.6 Å². The van der Waals surface area contributed by atoms with E-state index in [0.717, 1.165) is 5.92 Å². The van der Waals surface area contributed by atoms with Crippen LogP contribution in [0.5, 0.6) is 0 Å². The van der Waals surface area contributed by atoms with E-state index in [1.165, 1.54) is 43.5 Å². The Bertz CT molecular complexity index is 363. The summed E-state index contributed by atoms with van der Waals surface area (Å²) >= 11 is 0. The Morgan fingerprint density at radius 3 is 2.42 bits per heavy atom. The minimum Gasteiger partial charge on any atom is -0.316 e. The molecule has 0 spiro atoms. The van der Waals surface area contributed by atoms with Crippen molar-refractivity contribution in [2.24, 2.45) is 5.92 Å². The fourth-order valence-corrected chi connectivity index (χ4v) is 2.99. The van der Waals surface area contributed by atoms with Gasteiger partial charge in [0.05, 0.1) is 0 Å². The second-order valence-electron chi connectivity index (χ2n) is 6.11. The van der Waals surface area contributed by atoms with Gasteiger partial charge in [-0.1, -0.05) is 38.1 Å². The van der Waals surface area contributed by atoms with Crippen molar-refractivity contribution in [3.05, 3.63) is 35.4 Å². The van der Waals surface area contributed by atoms with E-state index in [-0.39, 0.29) is 0 Å². The fraction of sp³-hybridized carbons (Fsp3) is 0.647. The molecule has 1 heterocycles. The van der Waals surface area contributed by atoms with Crippen molar-refractivity contribution in [1.29, 1.82) is 0 Å². The molecular formula is C17H28N2. The highest BCUT2D eigenvalue weighted by molar-refractivity contribution is 5.26. The summed E-state index contributed by atoms with van der Waals surface area (Å²) in [5, 5.41) is 7.00. The van der Waals surface area contributed by atoms with Crippen molar-refractivity contribution in [3.63, 3.8) is 0 Å². The Hall–Kier alpha value is -0.860. The molecule has 0 radical (unpaired) electrons. The lowest BCUT2D eigenvalue weighted by Gasteiger charge is -2.27. The summed E-state index contributed by atoms with van der Waals surface area (Å²) in [7, 11) is 2.08. The predicted molar refractivity (Wildman–Crippen MR) is 82.5 cm³/mol. The van der Waals surface area contributed by atoms with Crippen molar-refractivity contribution < 1.29 is 0 Å². The van der Waals surface area contributed by atoms with E-state index >= 15 is 0 Å². The van der Waals surface area contributed by atoms with Crippen molar-refractivity contribution in [2.45, 2.75) is 45.1 Å². The summed E-state index contributed by atoms with van der Waals surface area (Å²) in [4.78, 5) is 0. The zero-order valence-corrected chi connectivity index (χ0v) is 12.6. The normalized spacial score (nSPS) is 21.6. The quantitative estimate of drug-likeness (QED) is 0.847. The van der Waals surface area contributed by atoms with Crippen LogP contribution < -0.4 is 10.6 Å². The standard InChI is InChI=1S/C17H28N2/c1-13(2)15-6-8-16(9-7-15)17(18-3)11-14-5-4-10-19-12-14/h6-9,13-14,17-19H,4-5,10-12H2,1-3H3. The first-order valence-corrected chi connectivity index (χ1v) is 7.68. The van der Waals surface area contributed by atoms with Crippen LogP contribution in [0.2, 0.25) is 0 Å². The van der Waals surface area contributed by atoms with Gasteiger partial charge in [0.2, 0.25) is 0 Å². The lowest BCUT2D eigenvalue weighted by molar-refractivity contribution is 0.322. The Kier molecular flexibility index (Phi) is 5.41. The van der Waals surface area contributed by atoms with Crippen LogP contribution in [-0.4, -0.2) is 20.1 Å². The van der Waals surface area contributed by atoms with Gasteiger partial charge in [-0.3, -0.25) is 0 Å². The molecule has 0 amide bonds. The molecule has 2 atom stereocenters. The third-order valence-electron chi connectivity index (χ3n) is 4.32. The number of benzene rings is 1. The van der Waals surface area contributed by atoms with Gasteiger partial charge in [0.15, 0.2) is 0 Å². The monoisotopic (exact) mass is 260 g/mol. The van der Waals surface area contributed by atoms with E-state index < -0.39 is 0 Å². The molecule has 2 heteroatoms. The molecule has 2 N–H and O–H groups in total. The van der Waals surface area contributed by atoms with Gasteiger partial charge < -0.3 is 10.6 Å². The van der Waals surface area contributed by atoms with Gasteiger partial charge >= 0.3 is 0 Å². The minimum absolute atomic E-state index is 0.492. The summed E-state index contributed by atoms with van der Waals surface area (Å²) in [5.41, 5.74) is 2.86. The maximum Gasteiger partial charge on any atom is 0.0320 e. The number of rotatable bonds is 5. The van der Waals surface area contributed by atoms with Gasteiger partial charge in [-0.2, -0.15) is 0 Å². The summed E-state index contributed by atoms with van der Waals surface area (Å²) < 4.78 is 0. The lowest BCUT2D eigenvalue weighted by atomic mass is 9.89. The topological polar surface area (TPSA) is 24.1 Å². The average molecular weight is 260 g/mol. The third kappa shape index (κ3) is 4.05. The number of nitrogens with one attached hydrogen (secondary N) is 2. The highest BCUT2D eigenvalue weighted by Gasteiger charge is 2.18. The highest BCUT2D eigenvalue weighted by Crippen LogP contribution is 2.26. The maximum atomic E-state index is 3.51. The molecule has 1 aliphatic rings. The Morgan fingerprint density at radius 1 is 1.21 bits per heavy atom. The summed E-state index contributed by atoms with van der Waals surface area (Å²) in [6.07, 6.45) is 3.94. The van der Waals surface area contributed by atoms with Gasteiger partial charge in [-0.05, 0) is 62.4 Å². The molecule has 1 aromatic carbocycles. The number of hydrogen-bond donors (Lipinski definition) is 2. The summed E-state index contributed by atoms with van der Waals surface area (Å²) in [6.45, 7) is 6.88. The van der Waals surface area contributed by atoms with Gasteiger partial charge in [-0.15, -0.1) is 0 Å². The first-order valence-electron chi connectivity index (χ1n) is 7.68. The Morgan fingerprint density at radius 2 is 1.89 bits per heavy atom. The van der Waals surface area contributed by atoms with Crippen LogP contribution in [0.25, 0.3) is 0 Å². The van der Waals surface area contributed by atoms with Gasteiger partial charge in [0.1, 0.15) is 0 Å². The van der Waals surface area contributed by atoms with Crippen LogP contribution in [0.1, 0.15) is 56.2 Å². The largest absolute Gasteiger partial charge is 0.316 e.